The molecule has 5 heteroatoms. The van der Waals surface area contributed by atoms with E-state index in [0.717, 1.165) is 11.1 Å². The highest BCUT2D eigenvalue weighted by molar-refractivity contribution is 7.12. The van der Waals surface area contributed by atoms with Crippen molar-refractivity contribution in [2.45, 2.75) is 12.5 Å². The number of hydrogen-bond donors (Lipinski definition) is 0. The Morgan fingerprint density at radius 1 is 1.08 bits per heavy atom. The Balaban J connectivity index is 1.90. The van der Waals surface area contributed by atoms with Gasteiger partial charge >= 0.3 is 0 Å². The fourth-order valence-corrected chi connectivity index (χ4v) is 4.10. The number of fused-ring (bicyclic) bond motifs is 1. The molecule has 0 fully saturated rings. The zero-order chi connectivity index (χ0) is 18.1. The SMILES string of the molecule is O=C1Cc2ccc(F)cc2C(c2ccccc2)N(C(=O)c2cccs2)C1. The minimum absolute atomic E-state index is 0.00654. The summed E-state index contributed by atoms with van der Waals surface area (Å²) in [6.07, 6.45) is 0.202. The Bertz CT molecular complexity index is 953. The van der Waals surface area contributed by atoms with Gasteiger partial charge in [-0.15, -0.1) is 11.3 Å². The number of thiophene rings is 1. The largest absolute Gasteiger partial charge is 0.319 e. The van der Waals surface area contributed by atoms with Crippen LogP contribution < -0.4 is 0 Å². The Labute approximate surface area is 154 Å². The molecule has 0 aliphatic carbocycles. The molecule has 0 radical (unpaired) electrons. The molecule has 26 heavy (non-hydrogen) atoms. The van der Waals surface area contributed by atoms with Crippen molar-refractivity contribution in [3.8, 4) is 0 Å². The molecule has 1 unspecified atom stereocenters. The van der Waals surface area contributed by atoms with Gasteiger partial charge in [-0.25, -0.2) is 4.39 Å². The highest BCUT2D eigenvalue weighted by Crippen LogP contribution is 2.35. The van der Waals surface area contributed by atoms with Crippen molar-refractivity contribution in [2.75, 3.05) is 6.54 Å². The standard InChI is InChI=1S/C21H16FNO2S/c22-16-9-8-15-11-17(24)13-23(21(25)19-7-4-10-26-19)20(18(15)12-16)14-5-2-1-3-6-14/h1-10,12,20H,11,13H2. The quantitative estimate of drug-likeness (QED) is 0.681. The molecular formula is C21H16FNO2S. The molecule has 0 N–H and O–H groups in total. The topological polar surface area (TPSA) is 37.4 Å². The van der Waals surface area contributed by atoms with Gasteiger partial charge in [0.25, 0.3) is 5.91 Å². The van der Waals surface area contributed by atoms with E-state index in [1.54, 1.807) is 17.0 Å². The van der Waals surface area contributed by atoms with Crippen molar-refractivity contribution in [3.05, 3.63) is 93.4 Å². The van der Waals surface area contributed by atoms with Crippen LogP contribution in [0.3, 0.4) is 0 Å². The summed E-state index contributed by atoms with van der Waals surface area (Å²) < 4.78 is 14.0. The van der Waals surface area contributed by atoms with E-state index < -0.39 is 6.04 Å². The first-order valence-electron chi connectivity index (χ1n) is 8.33. The number of benzene rings is 2. The van der Waals surface area contributed by atoms with Gasteiger partial charge in [0.15, 0.2) is 5.78 Å². The van der Waals surface area contributed by atoms with Crippen LogP contribution in [-0.2, 0) is 11.2 Å². The number of rotatable bonds is 2. The van der Waals surface area contributed by atoms with Crippen LogP contribution in [0, 0.1) is 5.82 Å². The van der Waals surface area contributed by atoms with Crippen molar-refractivity contribution in [1.82, 2.24) is 4.90 Å². The fraction of sp³-hybridized carbons (Fsp3) is 0.143. The maximum Gasteiger partial charge on any atom is 0.265 e. The Morgan fingerprint density at radius 3 is 2.62 bits per heavy atom. The smallest absolute Gasteiger partial charge is 0.265 e. The summed E-state index contributed by atoms with van der Waals surface area (Å²) >= 11 is 1.34. The molecule has 0 saturated heterocycles. The van der Waals surface area contributed by atoms with Gasteiger partial charge in [-0.05, 0) is 40.3 Å². The van der Waals surface area contributed by atoms with Crippen LogP contribution in [0.5, 0.6) is 0 Å². The number of halogens is 1. The lowest BCUT2D eigenvalue weighted by molar-refractivity contribution is -0.119. The lowest BCUT2D eigenvalue weighted by Gasteiger charge is -2.31. The molecule has 1 amide bonds. The highest BCUT2D eigenvalue weighted by Gasteiger charge is 2.34. The second-order valence-electron chi connectivity index (χ2n) is 6.28. The van der Waals surface area contributed by atoms with Gasteiger partial charge in [0.1, 0.15) is 5.82 Å². The molecule has 2 heterocycles. The minimum Gasteiger partial charge on any atom is -0.319 e. The number of amides is 1. The van der Waals surface area contributed by atoms with Crippen LogP contribution in [0.4, 0.5) is 4.39 Å². The first kappa shape index (κ1) is 16.7. The molecule has 0 bridgehead atoms. The summed E-state index contributed by atoms with van der Waals surface area (Å²) in [5.74, 6) is -0.636. The molecule has 2 aromatic carbocycles. The van der Waals surface area contributed by atoms with Gasteiger partial charge in [-0.2, -0.15) is 0 Å². The summed E-state index contributed by atoms with van der Waals surface area (Å²) in [5.41, 5.74) is 2.30. The van der Waals surface area contributed by atoms with Crippen LogP contribution in [0.15, 0.2) is 66.0 Å². The summed E-state index contributed by atoms with van der Waals surface area (Å²) in [6.45, 7) is 0.00654. The maximum atomic E-state index is 14.0. The maximum absolute atomic E-state index is 14.0. The van der Waals surface area contributed by atoms with Crippen LogP contribution >= 0.6 is 11.3 Å². The average Bonchev–Trinajstić information content (AvgIpc) is 3.13. The minimum atomic E-state index is -0.497. The molecule has 3 nitrogen and oxygen atoms in total. The lowest BCUT2D eigenvalue weighted by Crippen LogP contribution is -2.37. The average molecular weight is 365 g/mol. The number of carbonyl (C=O) groups is 2. The van der Waals surface area contributed by atoms with Gasteiger partial charge in [-0.3, -0.25) is 9.59 Å². The third-order valence-corrected chi connectivity index (χ3v) is 5.41. The molecule has 1 aromatic heterocycles. The van der Waals surface area contributed by atoms with Crippen molar-refractivity contribution in [2.24, 2.45) is 0 Å². The molecule has 0 saturated carbocycles. The van der Waals surface area contributed by atoms with Crippen molar-refractivity contribution < 1.29 is 14.0 Å². The highest BCUT2D eigenvalue weighted by atomic mass is 32.1. The molecule has 130 valence electrons. The second-order valence-corrected chi connectivity index (χ2v) is 7.23. The Kier molecular flexibility index (Phi) is 4.39. The Hall–Kier alpha value is -2.79. The number of carbonyl (C=O) groups excluding carboxylic acids is 2. The predicted octanol–water partition coefficient (Wildman–Crippen LogP) is 4.24. The summed E-state index contributed by atoms with van der Waals surface area (Å²) in [6, 6.07) is 17.0. The van der Waals surface area contributed by atoms with E-state index in [1.165, 1.54) is 23.5 Å². The van der Waals surface area contributed by atoms with Crippen LogP contribution in [0.2, 0.25) is 0 Å². The zero-order valence-corrected chi connectivity index (χ0v) is 14.7. The molecular weight excluding hydrogens is 349 g/mol. The lowest BCUT2D eigenvalue weighted by atomic mass is 9.93. The summed E-state index contributed by atoms with van der Waals surface area (Å²) in [4.78, 5) is 27.8. The molecule has 1 aliphatic rings. The zero-order valence-electron chi connectivity index (χ0n) is 13.9. The Morgan fingerprint density at radius 2 is 1.88 bits per heavy atom. The molecule has 0 spiro atoms. The molecule has 1 aliphatic heterocycles. The number of nitrogens with zero attached hydrogens (tertiary/aromatic N) is 1. The van der Waals surface area contributed by atoms with E-state index in [1.807, 2.05) is 41.8 Å². The number of Topliss-reactive ketones (excluding diaryl/α,β-unsaturated/α-hetero) is 1. The van der Waals surface area contributed by atoms with E-state index >= 15 is 0 Å². The first-order valence-corrected chi connectivity index (χ1v) is 9.21. The van der Waals surface area contributed by atoms with Crippen molar-refractivity contribution in [1.29, 1.82) is 0 Å². The van der Waals surface area contributed by atoms with E-state index in [2.05, 4.69) is 0 Å². The van der Waals surface area contributed by atoms with Crippen molar-refractivity contribution >= 4 is 23.0 Å². The summed E-state index contributed by atoms with van der Waals surface area (Å²) in [7, 11) is 0. The van der Waals surface area contributed by atoms with Gasteiger partial charge in [0.05, 0.1) is 17.5 Å². The number of hydrogen-bond acceptors (Lipinski definition) is 3. The van der Waals surface area contributed by atoms with E-state index in [0.29, 0.717) is 10.4 Å². The van der Waals surface area contributed by atoms with Crippen LogP contribution in [0.25, 0.3) is 0 Å². The molecule has 1 atom stereocenters. The predicted molar refractivity (Wildman–Crippen MR) is 98.8 cm³/mol. The third kappa shape index (κ3) is 3.06. The fourth-order valence-electron chi connectivity index (χ4n) is 3.42. The van der Waals surface area contributed by atoms with Gasteiger partial charge in [0, 0.05) is 6.42 Å². The second kappa shape index (κ2) is 6.84. The molecule has 4 rings (SSSR count). The first-order chi connectivity index (χ1) is 12.6. The normalized spacial score (nSPS) is 16.9. The van der Waals surface area contributed by atoms with Gasteiger partial charge in [-0.1, -0.05) is 42.5 Å². The monoisotopic (exact) mass is 365 g/mol. The number of ketones is 1. The van der Waals surface area contributed by atoms with Gasteiger partial charge < -0.3 is 4.90 Å². The van der Waals surface area contributed by atoms with E-state index in [-0.39, 0.29) is 30.5 Å². The summed E-state index contributed by atoms with van der Waals surface area (Å²) in [5, 5.41) is 1.83. The van der Waals surface area contributed by atoms with Crippen molar-refractivity contribution in [3.63, 3.8) is 0 Å². The van der Waals surface area contributed by atoms with E-state index in [9.17, 15) is 14.0 Å². The molecule has 3 aromatic rings. The van der Waals surface area contributed by atoms with Crippen LogP contribution in [-0.4, -0.2) is 23.1 Å². The third-order valence-electron chi connectivity index (χ3n) is 4.56. The van der Waals surface area contributed by atoms with Crippen LogP contribution in [0.1, 0.15) is 32.4 Å². The van der Waals surface area contributed by atoms with Gasteiger partial charge in [0.2, 0.25) is 0 Å². The van der Waals surface area contributed by atoms with E-state index in [4.69, 9.17) is 0 Å².